The van der Waals surface area contributed by atoms with E-state index in [0.717, 1.165) is 5.69 Å². The number of aliphatic carboxylic acids is 1. The number of anilines is 1. The number of hydrogen-bond donors (Lipinski definition) is 2. The normalized spacial score (nSPS) is 11.9. The molecular formula is C14H13FN2O2. The Hall–Kier alpha value is -2.43. The van der Waals surface area contributed by atoms with Crippen LogP contribution < -0.4 is 5.32 Å². The number of pyridine rings is 1. The van der Waals surface area contributed by atoms with Gasteiger partial charge in [-0.2, -0.15) is 0 Å². The van der Waals surface area contributed by atoms with Crippen LogP contribution in [-0.4, -0.2) is 16.1 Å². The van der Waals surface area contributed by atoms with E-state index in [0.29, 0.717) is 11.3 Å². The van der Waals surface area contributed by atoms with Gasteiger partial charge in [0.05, 0.1) is 0 Å². The van der Waals surface area contributed by atoms with Crippen molar-refractivity contribution < 1.29 is 14.3 Å². The zero-order valence-corrected chi connectivity index (χ0v) is 10.3. The van der Waals surface area contributed by atoms with E-state index < -0.39 is 12.0 Å². The van der Waals surface area contributed by atoms with Crippen LogP contribution in [0.1, 0.15) is 17.3 Å². The van der Waals surface area contributed by atoms with Crippen molar-refractivity contribution in [3.8, 4) is 0 Å². The predicted octanol–water partition coefficient (Wildman–Crippen LogP) is 2.77. The summed E-state index contributed by atoms with van der Waals surface area (Å²) in [5, 5.41) is 12.1. The first kappa shape index (κ1) is 13.0. The van der Waals surface area contributed by atoms with Gasteiger partial charge in [-0.3, -0.25) is 4.98 Å². The molecule has 2 N–H and O–H groups in total. The van der Waals surface area contributed by atoms with Gasteiger partial charge >= 0.3 is 5.97 Å². The standard InChI is InChI=1S/C14H13FN2O2/c1-9-2-3-10(8-16-9)13(14(18)19)17-12-6-4-11(15)5-7-12/h2-8,13,17H,1H3,(H,18,19). The Bertz CT molecular complexity index is 567. The Morgan fingerprint density at radius 1 is 1.26 bits per heavy atom. The number of halogens is 1. The highest BCUT2D eigenvalue weighted by Gasteiger charge is 2.19. The number of aromatic nitrogens is 1. The van der Waals surface area contributed by atoms with Gasteiger partial charge in [-0.1, -0.05) is 6.07 Å². The van der Waals surface area contributed by atoms with Gasteiger partial charge in [0.1, 0.15) is 5.82 Å². The number of nitrogens with zero attached hydrogens (tertiary/aromatic N) is 1. The molecule has 1 unspecified atom stereocenters. The lowest BCUT2D eigenvalue weighted by Crippen LogP contribution is -2.20. The molecule has 1 heterocycles. The van der Waals surface area contributed by atoms with Crippen molar-refractivity contribution in [3.05, 3.63) is 59.7 Å². The lowest BCUT2D eigenvalue weighted by Gasteiger charge is -2.16. The van der Waals surface area contributed by atoms with Crippen LogP contribution in [-0.2, 0) is 4.79 Å². The fraction of sp³-hybridized carbons (Fsp3) is 0.143. The van der Waals surface area contributed by atoms with Gasteiger partial charge in [0.25, 0.3) is 0 Å². The maximum atomic E-state index is 12.8. The second kappa shape index (κ2) is 5.48. The maximum Gasteiger partial charge on any atom is 0.330 e. The van der Waals surface area contributed by atoms with Crippen molar-refractivity contribution in [3.63, 3.8) is 0 Å². The highest BCUT2D eigenvalue weighted by atomic mass is 19.1. The summed E-state index contributed by atoms with van der Waals surface area (Å²) in [6.45, 7) is 1.83. The van der Waals surface area contributed by atoms with Gasteiger partial charge in [-0.25, -0.2) is 9.18 Å². The maximum absolute atomic E-state index is 12.8. The molecule has 19 heavy (non-hydrogen) atoms. The number of aryl methyl sites for hydroxylation is 1. The number of hydrogen-bond acceptors (Lipinski definition) is 3. The van der Waals surface area contributed by atoms with Crippen LogP contribution in [0.4, 0.5) is 10.1 Å². The summed E-state index contributed by atoms with van der Waals surface area (Å²) < 4.78 is 12.8. The summed E-state index contributed by atoms with van der Waals surface area (Å²) in [4.78, 5) is 15.4. The molecule has 2 rings (SSSR count). The van der Waals surface area contributed by atoms with Gasteiger partial charge in [-0.15, -0.1) is 0 Å². The van der Waals surface area contributed by atoms with Gasteiger partial charge in [0.15, 0.2) is 6.04 Å². The molecule has 1 aromatic heterocycles. The number of carboxylic acid groups (broad SMARTS) is 1. The third-order valence-electron chi connectivity index (χ3n) is 2.67. The summed E-state index contributed by atoms with van der Waals surface area (Å²) in [6.07, 6.45) is 1.52. The van der Waals surface area contributed by atoms with Gasteiger partial charge in [0, 0.05) is 23.1 Å². The Morgan fingerprint density at radius 2 is 1.95 bits per heavy atom. The Labute approximate surface area is 109 Å². The summed E-state index contributed by atoms with van der Waals surface area (Å²) in [6, 6.07) is 8.07. The smallest absolute Gasteiger partial charge is 0.330 e. The quantitative estimate of drug-likeness (QED) is 0.887. The molecule has 0 saturated heterocycles. The first-order chi connectivity index (χ1) is 9.06. The Morgan fingerprint density at radius 3 is 2.47 bits per heavy atom. The van der Waals surface area contributed by atoms with E-state index in [-0.39, 0.29) is 5.82 Å². The lowest BCUT2D eigenvalue weighted by molar-refractivity contribution is -0.138. The predicted molar refractivity (Wildman–Crippen MR) is 69.4 cm³/mol. The van der Waals surface area contributed by atoms with Crippen molar-refractivity contribution in [1.82, 2.24) is 4.98 Å². The highest BCUT2D eigenvalue weighted by Crippen LogP contribution is 2.19. The fourth-order valence-electron chi connectivity index (χ4n) is 1.65. The minimum atomic E-state index is -1.02. The SMILES string of the molecule is Cc1ccc(C(Nc2ccc(F)cc2)C(=O)O)cn1. The number of rotatable bonds is 4. The van der Waals surface area contributed by atoms with Crippen molar-refractivity contribution in [2.24, 2.45) is 0 Å². The molecule has 5 heteroatoms. The zero-order valence-electron chi connectivity index (χ0n) is 10.3. The van der Waals surface area contributed by atoms with Crippen LogP contribution in [0, 0.1) is 12.7 Å². The second-order valence-electron chi connectivity index (χ2n) is 4.16. The minimum Gasteiger partial charge on any atom is -0.479 e. The van der Waals surface area contributed by atoms with Crippen LogP contribution in [0.25, 0.3) is 0 Å². The Kier molecular flexibility index (Phi) is 3.75. The highest BCUT2D eigenvalue weighted by molar-refractivity contribution is 5.79. The molecule has 0 aliphatic rings. The topological polar surface area (TPSA) is 62.2 Å². The molecule has 0 radical (unpaired) electrons. The molecule has 0 aliphatic carbocycles. The van der Waals surface area contributed by atoms with Crippen molar-refractivity contribution in [2.75, 3.05) is 5.32 Å². The zero-order chi connectivity index (χ0) is 13.8. The monoisotopic (exact) mass is 260 g/mol. The largest absolute Gasteiger partial charge is 0.479 e. The summed E-state index contributed by atoms with van der Waals surface area (Å²) >= 11 is 0. The molecule has 0 saturated carbocycles. The van der Waals surface area contributed by atoms with Crippen LogP contribution in [0.3, 0.4) is 0 Å². The van der Waals surface area contributed by atoms with E-state index in [1.165, 1.54) is 30.5 Å². The van der Waals surface area contributed by atoms with Gasteiger partial charge in [0.2, 0.25) is 0 Å². The molecule has 0 fully saturated rings. The van der Waals surface area contributed by atoms with E-state index in [9.17, 15) is 14.3 Å². The summed E-state index contributed by atoms with van der Waals surface area (Å²) in [5.74, 6) is -1.38. The molecule has 2 aromatic rings. The molecule has 1 atom stereocenters. The Balaban J connectivity index is 2.23. The fourth-order valence-corrected chi connectivity index (χ4v) is 1.65. The average Bonchev–Trinajstić information content (AvgIpc) is 2.39. The molecule has 0 bridgehead atoms. The van der Waals surface area contributed by atoms with E-state index in [2.05, 4.69) is 10.3 Å². The van der Waals surface area contributed by atoms with Crippen molar-refractivity contribution in [2.45, 2.75) is 13.0 Å². The van der Waals surface area contributed by atoms with E-state index in [1.54, 1.807) is 12.1 Å². The average molecular weight is 260 g/mol. The third-order valence-corrected chi connectivity index (χ3v) is 2.67. The summed E-state index contributed by atoms with van der Waals surface area (Å²) in [7, 11) is 0. The molecule has 0 amide bonds. The molecule has 1 aromatic carbocycles. The number of nitrogens with one attached hydrogen (secondary N) is 1. The van der Waals surface area contributed by atoms with Crippen molar-refractivity contribution in [1.29, 1.82) is 0 Å². The molecule has 0 aliphatic heterocycles. The molecule has 98 valence electrons. The van der Waals surface area contributed by atoms with Gasteiger partial charge in [-0.05, 0) is 37.3 Å². The minimum absolute atomic E-state index is 0.366. The first-order valence-corrected chi connectivity index (χ1v) is 5.74. The lowest BCUT2D eigenvalue weighted by atomic mass is 10.1. The number of benzene rings is 1. The summed E-state index contributed by atoms with van der Waals surface area (Å²) in [5.41, 5.74) is 1.89. The molecular weight excluding hydrogens is 247 g/mol. The third kappa shape index (κ3) is 3.28. The second-order valence-corrected chi connectivity index (χ2v) is 4.16. The van der Waals surface area contributed by atoms with Crippen LogP contribution in [0.15, 0.2) is 42.6 Å². The van der Waals surface area contributed by atoms with Crippen LogP contribution >= 0.6 is 0 Å². The van der Waals surface area contributed by atoms with E-state index in [1.807, 2.05) is 6.92 Å². The van der Waals surface area contributed by atoms with E-state index >= 15 is 0 Å². The van der Waals surface area contributed by atoms with Gasteiger partial charge < -0.3 is 10.4 Å². The number of carboxylic acids is 1. The first-order valence-electron chi connectivity index (χ1n) is 5.74. The number of carbonyl (C=O) groups is 1. The molecule has 4 nitrogen and oxygen atoms in total. The van der Waals surface area contributed by atoms with Crippen LogP contribution in [0.2, 0.25) is 0 Å². The van der Waals surface area contributed by atoms with E-state index in [4.69, 9.17) is 0 Å². The molecule has 0 spiro atoms. The van der Waals surface area contributed by atoms with Crippen molar-refractivity contribution >= 4 is 11.7 Å². The van der Waals surface area contributed by atoms with Crippen LogP contribution in [0.5, 0.6) is 0 Å².